The lowest BCUT2D eigenvalue weighted by Crippen LogP contribution is -2.24. The molecule has 1 heterocycles. The first-order valence-electron chi connectivity index (χ1n) is 6.85. The lowest BCUT2D eigenvalue weighted by Gasteiger charge is -2.13. The number of benzene rings is 1. The first-order chi connectivity index (χ1) is 11.3. The Morgan fingerprint density at radius 3 is 2.21 bits per heavy atom. The van der Waals surface area contributed by atoms with Gasteiger partial charge < -0.3 is 14.2 Å². The van der Waals surface area contributed by atoms with Crippen molar-refractivity contribution >= 4 is 5.97 Å². The zero-order valence-electron chi connectivity index (χ0n) is 12.8. The van der Waals surface area contributed by atoms with Crippen LogP contribution >= 0.6 is 0 Å². The fourth-order valence-electron chi connectivity index (χ4n) is 1.73. The van der Waals surface area contributed by atoms with Crippen LogP contribution in [0.2, 0.25) is 0 Å². The normalized spacial score (nSPS) is 12.4. The van der Waals surface area contributed by atoms with Gasteiger partial charge >= 0.3 is 12.1 Å². The molecule has 24 heavy (non-hydrogen) atoms. The number of pyridine rings is 1. The van der Waals surface area contributed by atoms with Gasteiger partial charge in [-0.1, -0.05) is 0 Å². The van der Waals surface area contributed by atoms with Gasteiger partial charge in [-0.15, -0.1) is 0 Å². The molecule has 0 saturated carbocycles. The second kappa shape index (κ2) is 7.20. The number of rotatable bonds is 5. The van der Waals surface area contributed by atoms with Crippen molar-refractivity contribution in [1.29, 1.82) is 0 Å². The molecule has 0 saturated heterocycles. The Balaban J connectivity index is 2.00. The number of hydrogen-bond acceptors (Lipinski definition) is 5. The molecule has 2 rings (SSSR count). The SMILES string of the molecule is COC(=O)[C@H](C)Oc1ccc(Oc2ccc(C(F)(F)F)cn2)cc1. The molecular weight excluding hydrogens is 327 g/mol. The van der Waals surface area contributed by atoms with Crippen molar-refractivity contribution in [2.45, 2.75) is 19.2 Å². The standard InChI is InChI=1S/C16H14F3NO4/c1-10(15(21)22-2)23-12-4-6-13(7-5-12)24-14-8-3-11(9-20-14)16(17,18)19/h3-10H,1-2H3/t10-/m0/s1. The van der Waals surface area contributed by atoms with Crippen molar-refractivity contribution in [3.63, 3.8) is 0 Å². The van der Waals surface area contributed by atoms with Crippen LogP contribution in [-0.4, -0.2) is 24.2 Å². The number of carbonyl (C=O) groups is 1. The zero-order chi connectivity index (χ0) is 17.7. The Morgan fingerprint density at radius 1 is 1.08 bits per heavy atom. The van der Waals surface area contributed by atoms with Gasteiger partial charge in [0, 0.05) is 12.3 Å². The van der Waals surface area contributed by atoms with Crippen LogP contribution in [0.4, 0.5) is 13.2 Å². The third kappa shape index (κ3) is 4.61. The third-order valence-corrected chi connectivity index (χ3v) is 2.96. The predicted octanol–water partition coefficient (Wildman–Crippen LogP) is 3.83. The molecule has 0 spiro atoms. The number of nitrogens with zero attached hydrogens (tertiary/aromatic N) is 1. The lowest BCUT2D eigenvalue weighted by molar-refractivity contribution is -0.148. The molecule has 0 aliphatic heterocycles. The van der Waals surface area contributed by atoms with Crippen LogP contribution in [0.25, 0.3) is 0 Å². The highest BCUT2D eigenvalue weighted by molar-refractivity contribution is 5.74. The minimum atomic E-state index is -4.44. The quantitative estimate of drug-likeness (QED) is 0.774. The maximum atomic E-state index is 12.4. The van der Waals surface area contributed by atoms with Gasteiger partial charge in [-0.05, 0) is 37.3 Å². The maximum Gasteiger partial charge on any atom is 0.417 e. The van der Waals surface area contributed by atoms with Gasteiger partial charge in [-0.25, -0.2) is 9.78 Å². The first-order valence-corrected chi connectivity index (χ1v) is 6.85. The summed E-state index contributed by atoms with van der Waals surface area (Å²) < 4.78 is 52.6. The van der Waals surface area contributed by atoms with Crippen molar-refractivity contribution < 1.29 is 32.2 Å². The van der Waals surface area contributed by atoms with Gasteiger partial charge in [0.15, 0.2) is 6.10 Å². The van der Waals surface area contributed by atoms with E-state index in [1.54, 1.807) is 31.2 Å². The summed E-state index contributed by atoms with van der Waals surface area (Å²) >= 11 is 0. The molecule has 8 heteroatoms. The summed E-state index contributed by atoms with van der Waals surface area (Å²) in [7, 11) is 1.26. The molecule has 1 atom stereocenters. The second-order valence-electron chi connectivity index (χ2n) is 4.74. The molecule has 0 N–H and O–H groups in total. The Bertz CT molecular complexity index is 684. The number of aromatic nitrogens is 1. The highest BCUT2D eigenvalue weighted by Gasteiger charge is 2.30. The molecule has 0 amide bonds. The minimum Gasteiger partial charge on any atom is -0.479 e. The van der Waals surface area contributed by atoms with Gasteiger partial charge in [0.1, 0.15) is 11.5 Å². The number of halogens is 3. The van der Waals surface area contributed by atoms with E-state index in [0.717, 1.165) is 12.1 Å². The van der Waals surface area contributed by atoms with Crippen LogP contribution in [0.1, 0.15) is 12.5 Å². The number of esters is 1. The molecular formula is C16H14F3NO4. The van der Waals surface area contributed by atoms with Crippen LogP contribution < -0.4 is 9.47 Å². The van der Waals surface area contributed by atoms with Crippen molar-refractivity contribution in [3.8, 4) is 17.4 Å². The van der Waals surface area contributed by atoms with E-state index in [-0.39, 0.29) is 5.88 Å². The van der Waals surface area contributed by atoms with Gasteiger partial charge in [0.2, 0.25) is 5.88 Å². The molecule has 0 fully saturated rings. The Hall–Kier alpha value is -2.77. The van der Waals surface area contributed by atoms with E-state index >= 15 is 0 Å². The van der Waals surface area contributed by atoms with E-state index in [1.165, 1.54) is 7.11 Å². The fraction of sp³-hybridized carbons (Fsp3) is 0.250. The summed E-state index contributed by atoms with van der Waals surface area (Å²) in [5, 5.41) is 0. The Morgan fingerprint density at radius 2 is 1.71 bits per heavy atom. The highest BCUT2D eigenvalue weighted by Crippen LogP contribution is 2.30. The number of alkyl halides is 3. The monoisotopic (exact) mass is 341 g/mol. The molecule has 5 nitrogen and oxygen atoms in total. The number of carbonyl (C=O) groups excluding carboxylic acids is 1. The fourth-order valence-corrected chi connectivity index (χ4v) is 1.73. The summed E-state index contributed by atoms with van der Waals surface area (Å²) in [6, 6.07) is 8.21. The van der Waals surface area contributed by atoms with Crippen LogP contribution in [0.15, 0.2) is 42.6 Å². The van der Waals surface area contributed by atoms with Crippen molar-refractivity contribution in [3.05, 3.63) is 48.2 Å². The highest BCUT2D eigenvalue weighted by atomic mass is 19.4. The summed E-state index contributed by atoms with van der Waals surface area (Å²) in [5.74, 6) is 0.296. The zero-order valence-corrected chi connectivity index (χ0v) is 12.8. The summed E-state index contributed by atoms with van der Waals surface area (Å²) in [5.41, 5.74) is -0.851. The van der Waals surface area contributed by atoms with Gasteiger partial charge in [-0.3, -0.25) is 0 Å². The predicted molar refractivity (Wildman–Crippen MR) is 77.9 cm³/mol. The van der Waals surface area contributed by atoms with E-state index in [1.807, 2.05) is 0 Å². The smallest absolute Gasteiger partial charge is 0.417 e. The van der Waals surface area contributed by atoms with E-state index in [9.17, 15) is 18.0 Å². The van der Waals surface area contributed by atoms with Crippen molar-refractivity contribution in [2.24, 2.45) is 0 Å². The number of methoxy groups -OCH3 is 1. The molecule has 0 aliphatic rings. The molecule has 128 valence electrons. The molecule has 2 aromatic rings. The molecule has 0 radical (unpaired) electrons. The first kappa shape index (κ1) is 17.6. The molecule has 0 unspecified atom stereocenters. The Kier molecular flexibility index (Phi) is 5.28. The maximum absolute atomic E-state index is 12.4. The largest absolute Gasteiger partial charge is 0.479 e. The summed E-state index contributed by atoms with van der Waals surface area (Å²) in [4.78, 5) is 14.9. The molecule has 0 bridgehead atoms. The lowest BCUT2D eigenvalue weighted by atomic mass is 10.3. The molecule has 0 aliphatic carbocycles. The van der Waals surface area contributed by atoms with E-state index in [0.29, 0.717) is 17.7 Å². The van der Waals surface area contributed by atoms with Crippen LogP contribution in [0.3, 0.4) is 0 Å². The van der Waals surface area contributed by atoms with Gasteiger partial charge in [-0.2, -0.15) is 13.2 Å². The summed E-state index contributed by atoms with van der Waals surface area (Å²) in [6.45, 7) is 1.54. The van der Waals surface area contributed by atoms with Crippen LogP contribution in [0, 0.1) is 0 Å². The molecule has 1 aromatic carbocycles. The van der Waals surface area contributed by atoms with E-state index in [4.69, 9.17) is 9.47 Å². The van der Waals surface area contributed by atoms with Gasteiger partial charge in [0.05, 0.1) is 12.7 Å². The van der Waals surface area contributed by atoms with Crippen molar-refractivity contribution in [2.75, 3.05) is 7.11 Å². The number of hydrogen-bond donors (Lipinski definition) is 0. The van der Waals surface area contributed by atoms with Crippen LogP contribution in [-0.2, 0) is 15.7 Å². The third-order valence-electron chi connectivity index (χ3n) is 2.96. The topological polar surface area (TPSA) is 57.7 Å². The average Bonchev–Trinajstić information content (AvgIpc) is 2.55. The minimum absolute atomic E-state index is 0.0274. The van der Waals surface area contributed by atoms with Crippen LogP contribution in [0.5, 0.6) is 17.4 Å². The average molecular weight is 341 g/mol. The van der Waals surface area contributed by atoms with Gasteiger partial charge in [0.25, 0.3) is 0 Å². The molecule has 1 aromatic heterocycles. The van der Waals surface area contributed by atoms with E-state index < -0.39 is 23.8 Å². The van der Waals surface area contributed by atoms with Crippen molar-refractivity contribution in [1.82, 2.24) is 4.98 Å². The number of ether oxygens (including phenoxy) is 3. The Labute approximate surface area is 136 Å². The summed E-state index contributed by atoms with van der Waals surface area (Å²) in [6.07, 6.45) is -4.51. The van der Waals surface area contributed by atoms with E-state index in [2.05, 4.69) is 9.72 Å². The second-order valence-corrected chi connectivity index (χ2v) is 4.74.